The van der Waals surface area contributed by atoms with E-state index in [0.717, 1.165) is 11.1 Å². The fourth-order valence-corrected chi connectivity index (χ4v) is 2.81. The van der Waals surface area contributed by atoms with Gasteiger partial charge in [0.25, 0.3) is 5.91 Å². The van der Waals surface area contributed by atoms with E-state index in [-0.39, 0.29) is 31.8 Å². The average molecular weight is 389 g/mol. The number of amides is 1. The maximum Gasteiger partial charge on any atom is 0.255 e. The van der Waals surface area contributed by atoms with Gasteiger partial charge in [-0.15, -0.1) is 0 Å². The van der Waals surface area contributed by atoms with Gasteiger partial charge in [-0.2, -0.15) is 0 Å². The number of aliphatic hydroxyl groups is 1. The van der Waals surface area contributed by atoms with Crippen molar-refractivity contribution in [2.75, 3.05) is 41.1 Å². The van der Waals surface area contributed by atoms with Gasteiger partial charge in [-0.1, -0.05) is 29.8 Å². The van der Waals surface area contributed by atoms with Crippen molar-refractivity contribution in [1.82, 2.24) is 5.32 Å². The lowest BCUT2D eigenvalue weighted by molar-refractivity contribution is 0.0277. The number of nitrogens with one attached hydrogen (secondary N) is 1. The summed E-state index contributed by atoms with van der Waals surface area (Å²) < 4.78 is 21.6. The van der Waals surface area contributed by atoms with Crippen molar-refractivity contribution in [1.29, 1.82) is 0 Å². The molecular formula is C21H27NO6. The molecule has 0 spiro atoms. The van der Waals surface area contributed by atoms with Crippen molar-refractivity contribution in [3.8, 4) is 17.2 Å². The SMILES string of the molecule is COc1ccc(C(=O)NCC(OCCO)c2ccc(C)cc2)c(OC)c1OC. The van der Waals surface area contributed by atoms with Gasteiger partial charge in [0.15, 0.2) is 11.5 Å². The van der Waals surface area contributed by atoms with Crippen molar-refractivity contribution < 1.29 is 28.8 Å². The average Bonchev–Trinajstić information content (AvgIpc) is 2.73. The minimum absolute atomic E-state index is 0.0974. The van der Waals surface area contributed by atoms with Crippen LogP contribution >= 0.6 is 0 Å². The molecule has 0 radical (unpaired) electrons. The van der Waals surface area contributed by atoms with Gasteiger partial charge in [-0.05, 0) is 24.6 Å². The van der Waals surface area contributed by atoms with Crippen molar-refractivity contribution in [2.45, 2.75) is 13.0 Å². The van der Waals surface area contributed by atoms with E-state index < -0.39 is 0 Å². The summed E-state index contributed by atoms with van der Waals surface area (Å²) in [6.07, 6.45) is -0.386. The summed E-state index contributed by atoms with van der Waals surface area (Å²) in [7, 11) is 4.47. The van der Waals surface area contributed by atoms with Gasteiger partial charge in [0.1, 0.15) is 0 Å². The Morgan fingerprint density at radius 1 is 1.00 bits per heavy atom. The van der Waals surface area contributed by atoms with E-state index in [0.29, 0.717) is 22.8 Å². The number of rotatable bonds is 10. The molecule has 0 heterocycles. The molecule has 0 saturated carbocycles. The van der Waals surface area contributed by atoms with E-state index in [1.807, 2.05) is 31.2 Å². The maximum atomic E-state index is 12.8. The molecule has 152 valence electrons. The predicted molar refractivity (Wildman–Crippen MR) is 105 cm³/mol. The summed E-state index contributed by atoms with van der Waals surface area (Å²) >= 11 is 0. The van der Waals surface area contributed by atoms with Crippen molar-refractivity contribution in [2.24, 2.45) is 0 Å². The van der Waals surface area contributed by atoms with Gasteiger partial charge in [-0.25, -0.2) is 0 Å². The Morgan fingerprint density at radius 3 is 2.25 bits per heavy atom. The van der Waals surface area contributed by atoms with Crippen LogP contribution in [-0.4, -0.2) is 52.1 Å². The summed E-state index contributed by atoms with van der Waals surface area (Å²) in [6.45, 7) is 2.31. The highest BCUT2D eigenvalue weighted by molar-refractivity contribution is 5.98. The quantitative estimate of drug-likeness (QED) is 0.649. The first-order valence-corrected chi connectivity index (χ1v) is 8.91. The Morgan fingerprint density at radius 2 is 1.68 bits per heavy atom. The molecule has 2 N–H and O–H groups in total. The van der Waals surface area contributed by atoms with E-state index in [9.17, 15) is 4.79 Å². The number of carbonyl (C=O) groups is 1. The molecule has 2 aromatic carbocycles. The van der Waals surface area contributed by atoms with Crippen LogP contribution < -0.4 is 19.5 Å². The molecular weight excluding hydrogens is 362 g/mol. The molecule has 0 fully saturated rings. The molecule has 0 aromatic heterocycles. The minimum atomic E-state index is -0.386. The molecule has 1 atom stereocenters. The van der Waals surface area contributed by atoms with E-state index in [1.54, 1.807) is 12.1 Å². The molecule has 0 aliphatic heterocycles. The molecule has 1 amide bonds. The van der Waals surface area contributed by atoms with Crippen molar-refractivity contribution in [3.05, 3.63) is 53.1 Å². The summed E-state index contributed by atoms with van der Waals surface area (Å²) in [5.74, 6) is 0.786. The molecule has 0 saturated heterocycles. The summed E-state index contributed by atoms with van der Waals surface area (Å²) in [5.41, 5.74) is 2.37. The second kappa shape index (κ2) is 10.5. The smallest absolute Gasteiger partial charge is 0.255 e. The second-order valence-electron chi connectivity index (χ2n) is 6.09. The number of carbonyl (C=O) groups excluding carboxylic acids is 1. The summed E-state index contributed by atoms with van der Waals surface area (Å²) in [6, 6.07) is 11.1. The number of methoxy groups -OCH3 is 3. The standard InChI is InChI=1S/C21H27NO6/c1-14-5-7-15(8-6-14)18(28-12-11-23)13-22-21(24)16-9-10-17(25-2)20(27-4)19(16)26-3/h5-10,18,23H,11-13H2,1-4H3,(H,22,24). The normalized spacial score (nSPS) is 11.6. The molecule has 0 bridgehead atoms. The lowest BCUT2D eigenvalue weighted by Gasteiger charge is -2.20. The molecule has 2 rings (SSSR count). The zero-order valence-corrected chi connectivity index (χ0v) is 16.7. The lowest BCUT2D eigenvalue weighted by atomic mass is 10.1. The Labute approximate surface area is 165 Å². The second-order valence-corrected chi connectivity index (χ2v) is 6.09. The van der Waals surface area contributed by atoms with Gasteiger partial charge < -0.3 is 29.4 Å². The number of hydrogen-bond donors (Lipinski definition) is 2. The fraction of sp³-hybridized carbons (Fsp3) is 0.381. The monoisotopic (exact) mass is 389 g/mol. The Hall–Kier alpha value is -2.77. The van der Waals surface area contributed by atoms with Gasteiger partial charge >= 0.3 is 0 Å². The van der Waals surface area contributed by atoms with Crippen LogP contribution in [0.2, 0.25) is 0 Å². The van der Waals surface area contributed by atoms with Gasteiger partial charge in [0, 0.05) is 6.54 Å². The van der Waals surface area contributed by atoms with Crippen LogP contribution in [0.3, 0.4) is 0 Å². The zero-order valence-electron chi connectivity index (χ0n) is 16.7. The third kappa shape index (κ3) is 5.15. The van der Waals surface area contributed by atoms with Gasteiger partial charge in [0.2, 0.25) is 5.75 Å². The van der Waals surface area contributed by atoms with Crippen LogP contribution in [-0.2, 0) is 4.74 Å². The number of ether oxygens (including phenoxy) is 4. The van der Waals surface area contributed by atoms with E-state index in [1.165, 1.54) is 21.3 Å². The Bertz CT molecular complexity index is 775. The van der Waals surface area contributed by atoms with E-state index in [2.05, 4.69) is 5.32 Å². The predicted octanol–water partition coefficient (Wildman–Crippen LogP) is 2.50. The lowest BCUT2D eigenvalue weighted by Crippen LogP contribution is -2.30. The molecule has 28 heavy (non-hydrogen) atoms. The van der Waals surface area contributed by atoms with Gasteiger partial charge in [-0.3, -0.25) is 4.79 Å². The largest absolute Gasteiger partial charge is 0.493 e. The van der Waals surface area contributed by atoms with E-state index >= 15 is 0 Å². The van der Waals surface area contributed by atoms with E-state index in [4.69, 9.17) is 24.1 Å². The first-order valence-electron chi connectivity index (χ1n) is 8.91. The molecule has 1 unspecified atom stereocenters. The van der Waals surface area contributed by atoms with Crippen LogP contribution in [0.4, 0.5) is 0 Å². The van der Waals surface area contributed by atoms with Crippen LogP contribution in [0.1, 0.15) is 27.6 Å². The highest BCUT2D eigenvalue weighted by Gasteiger charge is 2.22. The molecule has 7 heteroatoms. The Balaban J connectivity index is 2.19. The first kappa shape index (κ1) is 21.5. The van der Waals surface area contributed by atoms with Crippen molar-refractivity contribution >= 4 is 5.91 Å². The Kier molecular flexibility index (Phi) is 8.10. The molecule has 0 aliphatic carbocycles. The fourth-order valence-electron chi connectivity index (χ4n) is 2.81. The highest BCUT2D eigenvalue weighted by Crippen LogP contribution is 2.39. The van der Waals surface area contributed by atoms with Gasteiger partial charge in [0.05, 0.1) is 46.2 Å². The third-order valence-corrected chi connectivity index (χ3v) is 4.26. The van der Waals surface area contributed by atoms with Crippen LogP contribution in [0.25, 0.3) is 0 Å². The third-order valence-electron chi connectivity index (χ3n) is 4.26. The number of benzene rings is 2. The zero-order chi connectivity index (χ0) is 20.5. The highest BCUT2D eigenvalue weighted by atomic mass is 16.5. The minimum Gasteiger partial charge on any atom is -0.493 e. The summed E-state index contributed by atoms with van der Waals surface area (Å²) in [5, 5.41) is 11.9. The molecule has 7 nitrogen and oxygen atoms in total. The number of aryl methyl sites for hydroxylation is 1. The van der Waals surface area contributed by atoms with Crippen LogP contribution in [0.15, 0.2) is 36.4 Å². The number of aliphatic hydroxyl groups excluding tert-OH is 1. The molecule has 2 aromatic rings. The van der Waals surface area contributed by atoms with Crippen LogP contribution in [0, 0.1) is 6.92 Å². The summed E-state index contributed by atoms with van der Waals surface area (Å²) in [4.78, 5) is 12.8. The molecule has 0 aliphatic rings. The van der Waals surface area contributed by atoms with Crippen molar-refractivity contribution in [3.63, 3.8) is 0 Å². The topological polar surface area (TPSA) is 86.3 Å². The maximum absolute atomic E-state index is 12.8. The first-order chi connectivity index (χ1) is 13.5. The van der Waals surface area contributed by atoms with Crippen LogP contribution in [0.5, 0.6) is 17.2 Å². The number of hydrogen-bond acceptors (Lipinski definition) is 6.